The average molecular weight is 419 g/mol. The Balaban J connectivity index is 1.31. The van der Waals surface area contributed by atoms with Gasteiger partial charge < -0.3 is 14.4 Å². The second-order valence-corrected chi connectivity index (χ2v) is 8.31. The van der Waals surface area contributed by atoms with Gasteiger partial charge in [-0.1, -0.05) is 6.07 Å². The van der Waals surface area contributed by atoms with Gasteiger partial charge in [0, 0.05) is 39.1 Å². The fourth-order valence-electron chi connectivity index (χ4n) is 4.18. The molecule has 0 aliphatic carbocycles. The van der Waals surface area contributed by atoms with Gasteiger partial charge in [-0.15, -0.1) is 0 Å². The van der Waals surface area contributed by atoms with Gasteiger partial charge in [0.15, 0.2) is 0 Å². The van der Waals surface area contributed by atoms with Crippen LogP contribution in [0.1, 0.15) is 31.2 Å². The zero-order chi connectivity index (χ0) is 20.3. The molecule has 1 aromatic carbocycles. The van der Waals surface area contributed by atoms with Crippen molar-refractivity contribution in [1.82, 2.24) is 18.5 Å². The van der Waals surface area contributed by atoms with Crippen molar-refractivity contribution in [3.8, 4) is 0 Å². The zero-order valence-corrected chi connectivity index (χ0v) is 17.4. The molecular weight excluding hydrogens is 392 g/mol. The molecule has 1 amide bonds. The van der Waals surface area contributed by atoms with Gasteiger partial charge in [0.2, 0.25) is 5.91 Å². The highest BCUT2D eigenvalue weighted by molar-refractivity contribution is 7.00. The Hall–Kier alpha value is -2.10. The van der Waals surface area contributed by atoms with Crippen LogP contribution in [0, 0.1) is 0 Å². The summed E-state index contributed by atoms with van der Waals surface area (Å²) in [5.74, 6) is -0.326. The molecule has 0 N–H and O–H groups in total. The van der Waals surface area contributed by atoms with Crippen molar-refractivity contribution in [2.75, 3.05) is 39.9 Å². The molecule has 0 atom stereocenters. The van der Waals surface area contributed by atoms with Crippen molar-refractivity contribution in [1.29, 1.82) is 0 Å². The molecule has 2 fully saturated rings. The summed E-state index contributed by atoms with van der Waals surface area (Å²) < 4.78 is 19.4. The summed E-state index contributed by atoms with van der Waals surface area (Å²) in [5.41, 5.74) is 2.94. The first-order chi connectivity index (χ1) is 14.1. The summed E-state index contributed by atoms with van der Waals surface area (Å²) in [7, 11) is 1.34. The number of hydrogen-bond acceptors (Lipinski definition) is 8. The average Bonchev–Trinajstić information content (AvgIpc) is 3.20. The summed E-state index contributed by atoms with van der Waals surface area (Å²) in [6.45, 7) is 4.67. The summed E-state index contributed by atoms with van der Waals surface area (Å²) in [4.78, 5) is 27.9. The van der Waals surface area contributed by atoms with E-state index in [0.29, 0.717) is 19.7 Å². The van der Waals surface area contributed by atoms with Crippen LogP contribution in [0.3, 0.4) is 0 Å². The molecule has 0 radical (unpaired) electrons. The maximum atomic E-state index is 12.3. The highest BCUT2D eigenvalue weighted by atomic mass is 32.1. The van der Waals surface area contributed by atoms with Crippen LogP contribution in [-0.2, 0) is 25.6 Å². The number of nitrogens with zero attached hydrogens (tertiary/aromatic N) is 4. The molecule has 9 heteroatoms. The molecule has 4 rings (SSSR count). The first-order valence-electron chi connectivity index (χ1n) is 9.99. The normalized spacial score (nSPS) is 19.6. The van der Waals surface area contributed by atoms with E-state index in [4.69, 9.17) is 4.74 Å². The molecule has 2 aliphatic rings. The third-order valence-electron chi connectivity index (χ3n) is 5.85. The van der Waals surface area contributed by atoms with Crippen LogP contribution < -0.4 is 0 Å². The number of fused-ring (bicyclic) bond motifs is 1. The van der Waals surface area contributed by atoms with Crippen molar-refractivity contribution >= 4 is 34.6 Å². The molecule has 0 bridgehead atoms. The Morgan fingerprint density at radius 1 is 1.17 bits per heavy atom. The SMILES string of the molecule is COC(=O)CCC(=O)N1CCC2(CC1)CN(Cc1ccc3nsnc3c1)CCO2. The van der Waals surface area contributed by atoms with Crippen molar-refractivity contribution in [2.24, 2.45) is 0 Å². The second-order valence-electron chi connectivity index (χ2n) is 7.79. The number of morpholine rings is 1. The predicted octanol–water partition coefficient (Wildman–Crippen LogP) is 1.84. The summed E-state index contributed by atoms with van der Waals surface area (Å²) >= 11 is 1.24. The van der Waals surface area contributed by atoms with Crippen LogP contribution in [0.25, 0.3) is 11.0 Å². The molecule has 2 aromatic rings. The van der Waals surface area contributed by atoms with Gasteiger partial charge in [-0.05, 0) is 30.5 Å². The van der Waals surface area contributed by atoms with Crippen molar-refractivity contribution in [3.63, 3.8) is 0 Å². The molecule has 1 aromatic heterocycles. The summed E-state index contributed by atoms with van der Waals surface area (Å²) in [6, 6.07) is 6.26. The van der Waals surface area contributed by atoms with E-state index in [1.807, 2.05) is 11.0 Å². The smallest absolute Gasteiger partial charge is 0.306 e. The van der Waals surface area contributed by atoms with Gasteiger partial charge >= 0.3 is 5.97 Å². The van der Waals surface area contributed by atoms with E-state index in [1.54, 1.807) is 0 Å². The van der Waals surface area contributed by atoms with Gasteiger partial charge in [-0.2, -0.15) is 8.75 Å². The van der Waals surface area contributed by atoms with Crippen LogP contribution in [0.15, 0.2) is 18.2 Å². The molecule has 2 saturated heterocycles. The first-order valence-corrected chi connectivity index (χ1v) is 10.7. The number of likely N-dealkylation sites (tertiary alicyclic amines) is 1. The maximum Gasteiger partial charge on any atom is 0.306 e. The number of methoxy groups -OCH3 is 1. The minimum absolute atomic E-state index is 0.0168. The molecule has 8 nitrogen and oxygen atoms in total. The predicted molar refractivity (Wildman–Crippen MR) is 108 cm³/mol. The van der Waals surface area contributed by atoms with E-state index in [0.717, 1.165) is 43.5 Å². The monoisotopic (exact) mass is 418 g/mol. The van der Waals surface area contributed by atoms with E-state index in [2.05, 4.69) is 30.5 Å². The van der Waals surface area contributed by atoms with Gasteiger partial charge in [-0.3, -0.25) is 14.5 Å². The van der Waals surface area contributed by atoms with Crippen LogP contribution >= 0.6 is 11.7 Å². The number of aromatic nitrogens is 2. The Labute approximate surface area is 174 Å². The number of esters is 1. The third kappa shape index (κ3) is 4.73. The number of rotatable bonds is 5. The van der Waals surface area contributed by atoms with E-state index >= 15 is 0 Å². The first kappa shape index (κ1) is 20.2. The quantitative estimate of drug-likeness (QED) is 0.685. The van der Waals surface area contributed by atoms with E-state index < -0.39 is 0 Å². The molecule has 0 saturated carbocycles. The van der Waals surface area contributed by atoms with Crippen molar-refractivity contribution in [3.05, 3.63) is 23.8 Å². The molecule has 0 unspecified atom stereocenters. The summed E-state index contributed by atoms with van der Waals surface area (Å²) in [6.07, 6.45) is 1.99. The molecular formula is C20H26N4O4S. The maximum absolute atomic E-state index is 12.3. The highest BCUT2D eigenvalue weighted by Gasteiger charge is 2.40. The van der Waals surface area contributed by atoms with Gasteiger partial charge in [0.1, 0.15) is 11.0 Å². The largest absolute Gasteiger partial charge is 0.469 e. The van der Waals surface area contributed by atoms with E-state index in [-0.39, 0.29) is 30.3 Å². The van der Waals surface area contributed by atoms with Crippen LogP contribution in [0.4, 0.5) is 0 Å². The van der Waals surface area contributed by atoms with Crippen molar-refractivity contribution in [2.45, 2.75) is 37.8 Å². The van der Waals surface area contributed by atoms with Crippen LogP contribution in [0.5, 0.6) is 0 Å². The zero-order valence-electron chi connectivity index (χ0n) is 16.6. The number of piperidine rings is 1. The Bertz CT molecular complexity index is 878. The lowest BCUT2D eigenvalue weighted by Crippen LogP contribution is -2.57. The Kier molecular flexibility index (Phi) is 6.07. The molecule has 1 spiro atoms. The lowest BCUT2D eigenvalue weighted by atomic mass is 9.89. The number of benzene rings is 1. The fourth-order valence-corrected chi connectivity index (χ4v) is 4.70. The van der Waals surface area contributed by atoms with Gasteiger partial charge in [0.05, 0.1) is 37.5 Å². The minimum atomic E-state index is -0.343. The Morgan fingerprint density at radius 3 is 2.76 bits per heavy atom. The second kappa shape index (κ2) is 8.73. The molecule has 3 heterocycles. The fraction of sp³-hybridized carbons (Fsp3) is 0.600. The van der Waals surface area contributed by atoms with Gasteiger partial charge in [-0.25, -0.2) is 0 Å². The molecule has 29 heavy (non-hydrogen) atoms. The highest BCUT2D eigenvalue weighted by Crippen LogP contribution is 2.31. The molecule has 156 valence electrons. The third-order valence-corrected chi connectivity index (χ3v) is 6.41. The molecule has 2 aliphatic heterocycles. The van der Waals surface area contributed by atoms with Crippen LogP contribution in [-0.4, -0.2) is 75.9 Å². The Morgan fingerprint density at radius 2 is 1.97 bits per heavy atom. The van der Waals surface area contributed by atoms with E-state index in [9.17, 15) is 9.59 Å². The number of ether oxygens (including phenoxy) is 2. The summed E-state index contributed by atoms with van der Waals surface area (Å²) in [5, 5.41) is 0. The number of carbonyl (C=O) groups is 2. The lowest BCUT2D eigenvalue weighted by molar-refractivity contribution is -0.153. The van der Waals surface area contributed by atoms with Crippen LogP contribution in [0.2, 0.25) is 0 Å². The number of carbonyl (C=O) groups excluding carboxylic acids is 2. The van der Waals surface area contributed by atoms with E-state index in [1.165, 1.54) is 24.4 Å². The standard InChI is InChI=1S/C20H26N4O4S/c1-27-19(26)5-4-18(25)24-8-6-20(7-9-24)14-23(10-11-28-20)13-15-2-3-16-17(12-15)22-29-21-16/h2-3,12H,4-11,13-14H2,1H3. The topological polar surface area (TPSA) is 84.9 Å². The number of amides is 1. The van der Waals surface area contributed by atoms with Crippen molar-refractivity contribution < 1.29 is 19.1 Å². The minimum Gasteiger partial charge on any atom is -0.469 e. The van der Waals surface area contributed by atoms with Gasteiger partial charge in [0.25, 0.3) is 0 Å². The lowest BCUT2D eigenvalue weighted by Gasteiger charge is -2.47. The number of hydrogen-bond donors (Lipinski definition) is 0.